The highest BCUT2D eigenvalue weighted by atomic mass is 32.2. The molecule has 0 aliphatic carbocycles. The number of thioether (sulfide) groups is 1. The predicted molar refractivity (Wildman–Crippen MR) is 89.4 cm³/mol. The molecule has 0 saturated heterocycles. The number of hydrogen-bond acceptors (Lipinski definition) is 3. The molecule has 1 aliphatic heterocycles. The first-order chi connectivity index (χ1) is 10.3. The Hall–Kier alpha value is -1.94. The van der Waals surface area contributed by atoms with Crippen LogP contribution in [-0.4, -0.2) is 25.3 Å². The third-order valence-electron chi connectivity index (χ3n) is 3.65. The van der Waals surface area contributed by atoms with Crippen LogP contribution in [0.1, 0.15) is 16.8 Å². The van der Waals surface area contributed by atoms with Crippen LogP contribution in [0.3, 0.4) is 0 Å². The first kappa shape index (κ1) is 14.0. The average molecular weight is 298 g/mol. The maximum absolute atomic E-state index is 12.8. The summed E-state index contributed by atoms with van der Waals surface area (Å²) in [6.45, 7) is 1.64. The van der Waals surface area contributed by atoms with Gasteiger partial charge in [0.25, 0.3) is 5.91 Å². The Morgan fingerprint density at radius 2 is 1.90 bits per heavy atom. The van der Waals surface area contributed by atoms with Gasteiger partial charge < -0.3 is 10.2 Å². The number of amides is 1. The predicted octanol–water partition coefficient (Wildman–Crippen LogP) is 3.87. The number of carbonyl (C=O) groups is 1. The van der Waals surface area contributed by atoms with E-state index < -0.39 is 0 Å². The number of rotatable bonds is 2. The lowest BCUT2D eigenvalue weighted by molar-refractivity contribution is 0.0987. The van der Waals surface area contributed by atoms with E-state index in [0.717, 1.165) is 36.4 Å². The van der Waals surface area contributed by atoms with Gasteiger partial charge in [0.15, 0.2) is 0 Å². The molecule has 21 heavy (non-hydrogen) atoms. The molecule has 0 spiro atoms. The van der Waals surface area contributed by atoms with E-state index in [1.54, 1.807) is 11.8 Å². The molecule has 4 heteroatoms. The largest absolute Gasteiger partial charge is 0.383 e. The average Bonchev–Trinajstić information content (AvgIpc) is 2.77. The Balaban J connectivity index is 1.93. The summed E-state index contributed by atoms with van der Waals surface area (Å²) in [7, 11) is 0. The van der Waals surface area contributed by atoms with Crippen LogP contribution in [0.5, 0.6) is 0 Å². The second kappa shape index (κ2) is 6.22. The fourth-order valence-electron chi connectivity index (χ4n) is 2.54. The molecule has 0 aromatic heterocycles. The summed E-state index contributed by atoms with van der Waals surface area (Å²) in [5, 5.41) is 3.38. The third-order valence-corrected chi connectivity index (χ3v) is 4.39. The van der Waals surface area contributed by atoms with Crippen molar-refractivity contribution in [2.24, 2.45) is 0 Å². The van der Waals surface area contributed by atoms with Crippen LogP contribution in [0.2, 0.25) is 0 Å². The lowest BCUT2D eigenvalue weighted by Crippen LogP contribution is -2.31. The maximum atomic E-state index is 12.8. The minimum Gasteiger partial charge on any atom is -0.383 e. The van der Waals surface area contributed by atoms with E-state index in [2.05, 4.69) is 5.32 Å². The molecular formula is C17H18N2OS. The highest BCUT2D eigenvalue weighted by Gasteiger charge is 2.21. The Morgan fingerprint density at radius 1 is 1.14 bits per heavy atom. The summed E-state index contributed by atoms with van der Waals surface area (Å²) in [5.41, 5.74) is 2.74. The molecule has 2 aromatic rings. The van der Waals surface area contributed by atoms with Crippen molar-refractivity contribution < 1.29 is 4.79 Å². The number of anilines is 2. The second-order valence-electron chi connectivity index (χ2n) is 4.98. The van der Waals surface area contributed by atoms with Gasteiger partial charge in [-0.1, -0.05) is 12.1 Å². The highest BCUT2D eigenvalue weighted by Crippen LogP contribution is 2.29. The van der Waals surface area contributed by atoms with Crippen molar-refractivity contribution in [3.8, 4) is 0 Å². The molecule has 0 unspecified atom stereocenters. The topological polar surface area (TPSA) is 32.3 Å². The molecule has 2 aromatic carbocycles. The molecule has 1 aliphatic rings. The molecule has 1 N–H and O–H groups in total. The summed E-state index contributed by atoms with van der Waals surface area (Å²) in [5.74, 6) is 0.0683. The SMILES string of the molecule is CSc1ccc(C(=O)N2CCCNc3ccccc32)cc1. The van der Waals surface area contributed by atoms with Gasteiger partial charge in [-0.15, -0.1) is 11.8 Å². The lowest BCUT2D eigenvalue weighted by atomic mass is 10.1. The van der Waals surface area contributed by atoms with E-state index in [4.69, 9.17) is 0 Å². The summed E-state index contributed by atoms with van der Waals surface area (Å²) < 4.78 is 0. The minimum absolute atomic E-state index is 0.0683. The van der Waals surface area contributed by atoms with Crippen molar-refractivity contribution in [3.63, 3.8) is 0 Å². The Bertz CT molecular complexity index is 639. The molecule has 0 bridgehead atoms. The van der Waals surface area contributed by atoms with Gasteiger partial charge in [0.2, 0.25) is 0 Å². The smallest absolute Gasteiger partial charge is 0.258 e. The monoisotopic (exact) mass is 298 g/mol. The van der Waals surface area contributed by atoms with Gasteiger partial charge in [-0.05, 0) is 49.1 Å². The molecule has 0 atom stereocenters. The number of fused-ring (bicyclic) bond motifs is 1. The first-order valence-electron chi connectivity index (χ1n) is 7.08. The van der Waals surface area contributed by atoms with Crippen LogP contribution in [0.25, 0.3) is 0 Å². The van der Waals surface area contributed by atoms with Crippen molar-refractivity contribution >= 4 is 29.0 Å². The van der Waals surface area contributed by atoms with Crippen LogP contribution < -0.4 is 10.2 Å². The molecule has 0 radical (unpaired) electrons. The molecule has 0 fully saturated rings. The number of benzene rings is 2. The van der Waals surface area contributed by atoms with E-state index in [1.807, 2.05) is 59.7 Å². The van der Waals surface area contributed by atoms with Crippen LogP contribution in [0, 0.1) is 0 Å². The van der Waals surface area contributed by atoms with Crippen molar-refractivity contribution in [2.45, 2.75) is 11.3 Å². The zero-order valence-electron chi connectivity index (χ0n) is 12.0. The van der Waals surface area contributed by atoms with Crippen molar-refractivity contribution in [1.29, 1.82) is 0 Å². The molecule has 1 heterocycles. The Kier molecular flexibility index (Phi) is 4.15. The zero-order valence-corrected chi connectivity index (χ0v) is 12.8. The van der Waals surface area contributed by atoms with E-state index in [0.29, 0.717) is 0 Å². The van der Waals surface area contributed by atoms with Crippen LogP contribution in [0.15, 0.2) is 53.4 Å². The quantitative estimate of drug-likeness (QED) is 0.854. The van der Waals surface area contributed by atoms with E-state index >= 15 is 0 Å². The molecule has 3 nitrogen and oxygen atoms in total. The normalized spacial score (nSPS) is 14.0. The molecule has 1 amide bonds. The van der Waals surface area contributed by atoms with Crippen molar-refractivity contribution in [2.75, 3.05) is 29.6 Å². The fourth-order valence-corrected chi connectivity index (χ4v) is 2.95. The Labute approximate surface area is 129 Å². The zero-order chi connectivity index (χ0) is 14.7. The molecule has 3 rings (SSSR count). The maximum Gasteiger partial charge on any atom is 0.258 e. The van der Waals surface area contributed by atoms with Gasteiger partial charge in [0.05, 0.1) is 11.4 Å². The van der Waals surface area contributed by atoms with Gasteiger partial charge in [-0.2, -0.15) is 0 Å². The summed E-state index contributed by atoms with van der Waals surface area (Å²) >= 11 is 1.68. The van der Waals surface area contributed by atoms with Gasteiger partial charge in [-0.3, -0.25) is 4.79 Å². The van der Waals surface area contributed by atoms with E-state index in [9.17, 15) is 4.79 Å². The van der Waals surface area contributed by atoms with Gasteiger partial charge in [0.1, 0.15) is 0 Å². The van der Waals surface area contributed by atoms with Gasteiger partial charge in [0, 0.05) is 23.5 Å². The van der Waals surface area contributed by atoms with Crippen molar-refractivity contribution in [1.82, 2.24) is 0 Å². The summed E-state index contributed by atoms with van der Waals surface area (Å²) in [6, 6.07) is 15.8. The summed E-state index contributed by atoms with van der Waals surface area (Å²) in [4.78, 5) is 15.9. The highest BCUT2D eigenvalue weighted by molar-refractivity contribution is 7.98. The number of nitrogens with zero attached hydrogens (tertiary/aromatic N) is 1. The van der Waals surface area contributed by atoms with Crippen LogP contribution >= 0.6 is 11.8 Å². The number of hydrogen-bond donors (Lipinski definition) is 1. The van der Waals surface area contributed by atoms with Crippen LogP contribution in [0.4, 0.5) is 11.4 Å². The first-order valence-corrected chi connectivity index (χ1v) is 8.31. The lowest BCUT2D eigenvalue weighted by Gasteiger charge is -2.22. The standard InChI is InChI=1S/C17H18N2OS/c1-21-14-9-7-13(8-10-14)17(20)19-12-4-11-18-15-5-2-3-6-16(15)19/h2-3,5-10,18H,4,11-12H2,1H3. The van der Waals surface area contributed by atoms with Crippen molar-refractivity contribution in [3.05, 3.63) is 54.1 Å². The number of carbonyl (C=O) groups excluding carboxylic acids is 1. The minimum atomic E-state index is 0.0683. The molecule has 0 saturated carbocycles. The van der Waals surface area contributed by atoms with E-state index in [1.165, 1.54) is 4.90 Å². The second-order valence-corrected chi connectivity index (χ2v) is 5.86. The van der Waals surface area contributed by atoms with E-state index in [-0.39, 0.29) is 5.91 Å². The summed E-state index contributed by atoms with van der Waals surface area (Å²) in [6.07, 6.45) is 2.98. The van der Waals surface area contributed by atoms with Gasteiger partial charge >= 0.3 is 0 Å². The number of nitrogens with one attached hydrogen (secondary N) is 1. The Morgan fingerprint density at radius 3 is 2.67 bits per heavy atom. The third kappa shape index (κ3) is 2.90. The van der Waals surface area contributed by atoms with Gasteiger partial charge in [-0.25, -0.2) is 0 Å². The van der Waals surface area contributed by atoms with Crippen LogP contribution in [-0.2, 0) is 0 Å². The molecular weight excluding hydrogens is 280 g/mol. The fraction of sp³-hybridized carbons (Fsp3) is 0.235. The molecule has 108 valence electrons. The number of para-hydroxylation sites is 2.